The van der Waals surface area contributed by atoms with Crippen LogP contribution in [0.5, 0.6) is 0 Å². The molecular formula is C16H23N3O. The van der Waals surface area contributed by atoms with Crippen LogP contribution in [-0.2, 0) is 11.2 Å². The lowest BCUT2D eigenvalue weighted by Gasteiger charge is -2.37. The molecule has 2 aliphatic heterocycles. The molecule has 108 valence electrons. The van der Waals surface area contributed by atoms with Crippen LogP contribution < -0.4 is 5.73 Å². The lowest BCUT2D eigenvalue weighted by molar-refractivity contribution is 0.131. The maximum absolute atomic E-state index is 6.31. The lowest BCUT2D eigenvalue weighted by Crippen LogP contribution is -2.51. The van der Waals surface area contributed by atoms with E-state index in [4.69, 9.17) is 10.5 Å². The number of aliphatic imine (C=N–C) groups is 1. The van der Waals surface area contributed by atoms with Gasteiger partial charge in [0.2, 0.25) is 0 Å². The first-order chi connectivity index (χ1) is 9.72. The summed E-state index contributed by atoms with van der Waals surface area (Å²) in [6.45, 7) is 3.75. The fourth-order valence-corrected chi connectivity index (χ4v) is 3.06. The van der Waals surface area contributed by atoms with E-state index in [-0.39, 0.29) is 12.3 Å². The zero-order valence-electron chi connectivity index (χ0n) is 12.0. The lowest BCUT2D eigenvalue weighted by atomic mass is 9.89. The Morgan fingerprint density at radius 2 is 2.15 bits per heavy atom. The fraction of sp³-hybridized carbons (Fsp3) is 0.562. The molecule has 0 bridgehead atoms. The minimum absolute atomic E-state index is 0.0292. The number of hydrogen-bond acceptors (Lipinski definition) is 4. The summed E-state index contributed by atoms with van der Waals surface area (Å²) < 4.78 is 5.72. The third kappa shape index (κ3) is 2.96. The van der Waals surface area contributed by atoms with Gasteiger partial charge in [0.25, 0.3) is 6.02 Å². The molecular weight excluding hydrogens is 250 g/mol. The summed E-state index contributed by atoms with van der Waals surface area (Å²) in [7, 11) is 0. The Hall–Kier alpha value is -1.55. The van der Waals surface area contributed by atoms with Gasteiger partial charge in [0.1, 0.15) is 6.10 Å². The SMILES string of the molecule is CC1CN=C(N2CCC(Cc3ccccc3)CC2N)O1. The van der Waals surface area contributed by atoms with Crippen molar-refractivity contribution in [3.05, 3.63) is 35.9 Å². The van der Waals surface area contributed by atoms with Crippen molar-refractivity contribution in [3.8, 4) is 0 Å². The zero-order valence-corrected chi connectivity index (χ0v) is 12.0. The normalized spacial score (nSPS) is 30.0. The van der Waals surface area contributed by atoms with Crippen molar-refractivity contribution in [2.24, 2.45) is 16.6 Å². The molecule has 0 aliphatic carbocycles. The zero-order chi connectivity index (χ0) is 13.9. The number of hydrogen-bond donors (Lipinski definition) is 1. The van der Waals surface area contributed by atoms with Crippen LogP contribution in [0.2, 0.25) is 0 Å². The Morgan fingerprint density at radius 3 is 2.80 bits per heavy atom. The Bertz CT molecular complexity index is 474. The summed E-state index contributed by atoms with van der Waals surface area (Å²) in [6, 6.07) is 11.4. The summed E-state index contributed by atoms with van der Waals surface area (Å²) in [4.78, 5) is 6.57. The van der Waals surface area contributed by atoms with Crippen LogP contribution in [0.1, 0.15) is 25.3 Å². The number of nitrogens with zero attached hydrogens (tertiary/aromatic N) is 2. The Morgan fingerprint density at radius 1 is 1.35 bits per heavy atom. The van der Waals surface area contributed by atoms with Crippen LogP contribution in [0.3, 0.4) is 0 Å². The summed E-state index contributed by atoms with van der Waals surface area (Å²) >= 11 is 0. The van der Waals surface area contributed by atoms with Crippen LogP contribution in [0.25, 0.3) is 0 Å². The van der Waals surface area contributed by atoms with Crippen molar-refractivity contribution in [2.45, 2.75) is 38.5 Å². The smallest absolute Gasteiger partial charge is 0.289 e. The van der Waals surface area contributed by atoms with Gasteiger partial charge in [-0.05, 0) is 37.7 Å². The fourth-order valence-electron chi connectivity index (χ4n) is 3.06. The van der Waals surface area contributed by atoms with E-state index in [0.717, 1.165) is 38.4 Å². The second-order valence-corrected chi connectivity index (χ2v) is 5.89. The molecule has 0 amide bonds. The molecule has 1 aromatic carbocycles. The largest absolute Gasteiger partial charge is 0.460 e. The van der Waals surface area contributed by atoms with E-state index in [2.05, 4.69) is 40.2 Å². The molecule has 2 aliphatic rings. The molecule has 2 N–H and O–H groups in total. The molecule has 1 aromatic rings. The van der Waals surface area contributed by atoms with Crippen LogP contribution in [0.15, 0.2) is 35.3 Å². The summed E-state index contributed by atoms with van der Waals surface area (Å²) in [5, 5.41) is 0. The number of rotatable bonds is 2. The highest BCUT2D eigenvalue weighted by molar-refractivity contribution is 5.75. The molecule has 1 fully saturated rings. The first-order valence-corrected chi connectivity index (χ1v) is 7.49. The van der Waals surface area contributed by atoms with E-state index in [9.17, 15) is 0 Å². The van der Waals surface area contributed by atoms with E-state index in [1.807, 2.05) is 6.92 Å². The van der Waals surface area contributed by atoms with Crippen molar-refractivity contribution in [1.29, 1.82) is 0 Å². The van der Waals surface area contributed by atoms with Gasteiger partial charge in [-0.25, -0.2) is 4.99 Å². The van der Waals surface area contributed by atoms with Crippen molar-refractivity contribution in [2.75, 3.05) is 13.1 Å². The van der Waals surface area contributed by atoms with Crippen LogP contribution >= 0.6 is 0 Å². The van der Waals surface area contributed by atoms with E-state index in [1.54, 1.807) is 0 Å². The molecule has 3 rings (SSSR count). The van der Waals surface area contributed by atoms with Crippen molar-refractivity contribution in [3.63, 3.8) is 0 Å². The van der Waals surface area contributed by atoms with Gasteiger partial charge in [-0.15, -0.1) is 0 Å². The number of nitrogens with two attached hydrogens (primary N) is 1. The molecule has 2 heterocycles. The minimum atomic E-state index is 0.0292. The summed E-state index contributed by atoms with van der Waals surface area (Å²) in [6.07, 6.45) is 3.50. The van der Waals surface area contributed by atoms with Gasteiger partial charge in [-0.3, -0.25) is 0 Å². The van der Waals surface area contributed by atoms with Crippen molar-refractivity contribution >= 4 is 6.02 Å². The molecule has 0 saturated carbocycles. The second-order valence-electron chi connectivity index (χ2n) is 5.89. The van der Waals surface area contributed by atoms with Gasteiger partial charge in [-0.1, -0.05) is 30.3 Å². The van der Waals surface area contributed by atoms with Crippen LogP contribution in [0, 0.1) is 5.92 Å². The number of piperidine rings is 1. The summed E-state index contributed by atoms with van der Waals surface area (Å²) in [5.41, 5.74) is 7.72. The minimum Gasteiger partial charge on any atom is -0.460 e. The Balaban J connectivity index is 1.57. The van der Waals surface area contributed by atoms with Gasteiger partial charge >= 0.3 is 0 Å². The van der Waals surface area contributed by atoms with E-state index in [1.165, 1.54) is 5.56 Å². The topological polar surface area (TPSA) is 50.8 Å². The molecule has 3 unspecified atom stereocenters. The molecule has 3 atom stereocenters. The predicted octanol–water partition coefficient (Wildman–Crippen LogP) is 2.00. The van der Waals surface area contributed by atoms with Gasteiger partial charge in [0.05, 0.1) is 12.7 Å². The average Bonchev–Trinajstić information content (AvgIpc) is 2.86. The van der Waals surface area contributed by atoms with Crippen molar-refractivity contribution in [1.82, 2.24) is 4.90 Å². The van der Waals surface area contributed by atoms with Gasteiger partial charge in [-0.2, -0.15) is 0 Å². The van der Waals surface area contributed by atoms with Crippen molar-refractivity contribution < 1.29 is 4.74 Å². The molecule has 4 nitrogen and oxygen atoms in total. The quantitative estimate of drug-likeness (QED) is 0.896. The molecule has 20 heavy (non-hydrogen) atoms. The number of amidine groups is 1. The molecule has 4 heteroatoms. The van der Waals surface area contributed by atoms with Gasteiger partial charge in [0, 0.05) is 6.54 Å². The third-order valence-electron chi connectivity index (χ3n) is 4.16. The first-order valence-electron chi connectivity index (χ1n) is 7.49. The third-order valence-corrected chi connectivity index (χ3v) is 4.16. The van der Waals surface area contributed by atoms with E-state index < -0.39 is 0 Å². The monoisotopic (exact) mass is 273 g/mol. The van der Waals surface area contributed by atoms with Gasteiger partial charge < -0.3 is 15.4 Å². The maximum atomic E-state index is 6.31. The second kappa shape index (κ2) is 5.83. The molecule has 0 spiro atoms. The predicted molar refractivity (Wildman–Crippen MR) is 80.4 cm³/mol. The maximum Gasteiger partial charge on any atom is 0.289 e. The highest BCUT2D eigenvalue weighted by atomic mass is 16.5. The highest BCUT2D eigenvalue weighted by Gasteiger charge is 2.31. The first kappa shape index (κ1) is 13.4. The Kier molecular flexibility index (Phi) is 3.92. The Labute approximate surface area is 120 Å². The molecule has 0 radical (unpaired) electrons. The van der Waals surface area contributed by atoms with Gasteiger partial charge in [0.15, 0.2) is 0 Å². The van der Waals surface area contributed by atoms with Crippen LogP contribution in [-0.4, -0.2) is 36.3 Å². The number of likely N-dealkylation sites (tertiary alicyclic amines) is 1. The standard InChI is InChI=1S/C16H23N3O/c1-12-11-18-16(20-12)19-8-7-14(10-15(19)17)9-13-5-3-2-4-6-13/h2-6,12,14-15H,7-11,17H2,1H3. The van der Waals surface area contributed by atoms with E-state index in [0.29, 0.717) is 5.92 Å². The molecule has 0 aromatic heterocycles. The summed E-state index contributed by atoms with van der Waals surface area (Å²) in [5.74, 6) is 0.656. The number of ether oxygens (including phenoxy) is 1. The number of benzene rings is 1. The van der Waals surface area contributed by atoms with Crippen LogP contribution in [0.4, 0.5) is 0 Å². The average molecular weight is 273 g/mol. The highest BCUT2D eigenvalue weighted by Crippen LogP contribution is 2.25. The molecule has 1 saturated heterocycles. The van der Waals surface area contributed by atoms with E-state index >= 15 is 0 Å².